The average Bonchev–Trinajstić information content (AvgIpc) is 2.96. The van der Waals surface area contributed by atoms with Gasteiger partial charge in [-0.25, -0.2) is 46.8 Å². The Balaban J connectivity index is 1.79. The summed E-state index contributed by atoms with van der Waals surface area (Å²) >= 11 is 11.5. The van der Waals surface area contributed by atoms with E-state index in [2.05, 4.69) is 24.9 Å². The number of hydrogen-bond acceptors (Lipinski definition) is 8. The molecule has 1 saturated heterocycles. The van der Waals surface area contributed by atoms with Gasteiger partial charge in [-0.15, -0.1) is 0 Å². The van der Waals surface area contributed by atoms with Crippen molar-refractivity contribution in [3.63, 3.8) is 0 Å². The van der Waals surface area contributed by atoms with Gasteiger partial charge in [-0.3, -0.25) is 14.6 Å². The highest BCUT2D eigenvalue weighted by atomic mass is 35.5. The molecule has 0 N–H and O–H groups in total. The van der Waals surface area contributed by atoms with Crippen molar-refractivity contribution in [2.45, 2.75) is 24.9 Å². The van der Waals surface area contributed by atoms with Gasteiger partial charge in [0.2, 0.25) is 10.6 Å². The minimum absolute atomic E-state index is 0.223. The van der Waals surface area contributed by atoms with Crippen molar-refractivity contribution in [2.24, 2.45) is 0 Å². The van der Waals surface area contributed by atoms with Crippen LogP contribution in [0, 0.1) is 17.5 Å². The third-order valence-corrected chi connectivity index (χ3v) is 6.58. The summed E-state index contributed by atoms with van der Waals surface area (Å²) in [5.74, 6) is -9.56. The fraction of sp³-hybridized carbons (Fsp3) is 0.192. The van der Waals surface area contributed by atoms with Gasteiger partial charge in [-0.2, -0.15) is 0 Å². The molecule has 4 heterocycles. The summed E-state index contributed by atoms with van der Waals surface area (Å²) in [6, 6.07) is 1.93. The van der Waals surface area contributed by atoms with E-state index in [-0.39, 0.29) is 45.4 Å². The highest BCUT2D eigenvalue weighted by Gasteiger charge is 2.40. The first-order chi connectivity index (χ1) is 19.9. The number of carbonyl (C=O) groups is 2. The van der Waals surface area contributed by atoms with Crippen LogP contribution in [0.15, 0.2) is 49.2 Å². The normalized spacial score (nSPS) is 16.2. The number of nitrogens with zero attached hydrogens (tertiary/aromatic N) is 6. The molecule has 4 aromatic rings. The van der Waals surface area contributed by atoms with Gasteiger partial charge in [0.25, 0.3) is 17.7 Å². The lowest BCUT2D eigenvalue weighted by atomic mass is 9.95. The average molecular weight is 625 g/mol. The Kier molecular flexibility index (Phi) is 8.12. The van der Waals surface area contributed by atoms with E-state index in [0.29, 0.717) is 11.0 Å². The van der Waals surface area contributed by atoms with Crippen molar-refractivity contribution in [3.8, 4) is 11.1 Å². The van der Waals surface area contributed by atoms with Gasteiger partial charge in [0, 0.05) is 54.6 Å². The molecule has 3 aromatic heterocycles. The second-order valence-corrected chi connectivity index (χ2v) is 9.64. The van der Waals surface area contributed by atoms with Crippen molar-refractivity contribution < 1.29 is 36.3 Å². The number of amides is 2. The molecule has 216 valence electrons. The van der Waals surface area contributed by atoms with Crippen LogP contribution in [0.2, 0.25) is 10.6 Å². The number of imide groups is 1. The van der Waals surface area contributed by atoms with Gasteiger partial charge >= 0.3 is 0 Å². The molecule has 1 aliphatic rings. The molecule has 42 heavy (non-hydrogen) atoms. The van der Waals surface area contributed by atoms with E-state index in [1.807, 2.05) is 0 Å². The SMILES string of the molecule is O=C(c1cnc(Cl)nc1)N(C(=O)c1cnc(Cl)nc1)c1c(-c2cc(F)c(F)cc2F)ccnc1C1CCC(F)(F)CO1. The van der Waals surface area contributed by atoms with Crippen LogP contribution < -0.4 is 4.90 Å². The number of alkyl halides is 2. The first-order valence-corrected chi connectivity index (χ1v) is 12.7. The van der Waals surface area contributed by atoms with Crippen LogP contribution in [0.5, 0.6) is 0 Å². The number of ether oxygens (including phenoxy) is 1. The summed E-state index contributed by atoms with van der Waals surface area (Å²) in [6.07, 6.45) is 2.95. The Morgan fingerprint density at radius 2 is 1.38 bits per heavy atom. The van der Waals surface area contributed by atoms with Crippen molar-refractivity contribution in [1.29, 1.82) is 0 Å². The first kappa shape index (κ1) is 29.4. The molecule has 1 unspecified atom stereocenters. The second-order valence-electron chi connectivity index (χ2n) is 8.96. The second kappa shape index (κ2) is 11.6. The van der Waals surface area contributed by atoms with Crippen LogP contribution in [0.1, 0.15) is 45.4 Å². The summed E-state index contributed by atoms with van der Waals surface area (Å²) < 4.78 is 76.7. The molecule has 1 aliphatic heterocycles. The van der Waals surface area contributed by atoms with Crippen LogP contribution in [-0.2, 0) is 4.74 Å². The number of benzene rings is 1. The molecule has 0 saturated carbocycles. The lowest BCUT2D eigenvalue weighted by molar-refractivity contribution is -0.146. The van der Waals surface area contributed by atoms with Crippen LogP contribution >= 0.6 is 23.2 Å². The van der Waals surface area contributed by atoms with Crippen LogP contribution in [0.4, 0.5) is 27.6 Å². The lowest BCUT2D eigenvalue weighted by Crippen LogP contribution is -2.39. The number of carbonyl (C=O) groups excluding carboxylic acids is 2. The van der Waals surface area contributed by atoms with Gasteiger partial charge in [0.15, 0.2) is 11.6 Å². The Morgan fingerprint density at radius 3 is 1.90 bits per heavy atom. The molecule has 0 spiro atoms. The largest absolute Gasteiger partial charge is 0.366 e. The van der Waals surface area contributed by atoms with E-state index >= 15 is 4.39 Å². The fourth-order valence-electron chi connectivity index (χ4n) is 4.22. The molecule has 0 aliphatic carbocycles. The number of halogens is 7. The number of pyridine rings is 1. The first-order valence-electron chi connectivity index (χ1n) is 11.9. The van der Waals surface area contributed by atoms with Crippen LogP contribution in [0.25, 0.3) is 11.1 Å². The third kappa shape index (κ3) is 5.91. The maximum absolute atomic E-state index is 15.2. The van der Waals surface area contributed by atoms with Crippen molar-refractivity contribution in [1.82, 2.24) is 24.9 Å². The van der Waals surface area contributed by atoms with Crippen molar-refractivity contribution in [3.05, 3.63) is 94.0 Å². The van der Waals surface area contributed by atoms with E-state index in [0.717, 1.165) is 37.1 Å². The van der Waals surface area contributed by atoms with Gasteiger partial charge < -0.3 is 4.74 Å². The molecule has 16 heteroatoms. The summed E-state index contributed by atoms with van der Waals surface area (Å²) in [5.41, 5.74) is -2.16. The van der Waals surface area contributed by atoms with E-state index in [1.165, 1.54) is 0 Å². The van der Waals surface area contributed by atoms with Crippen LogP contribution in [-0.4, -0.2) is 49.3 Å². The molecular weight excluding hydrogens is 610 g/mol. The molecule has 0 radical (unpaired) electrons. The standard InChI is InChI=1S/C26H15Cl2F5N6O3/c27-24-35-7-12(8-36-24)22(40)39(23(41)13-9-37-25(28)38-10-13)21-14(15-5-17(30)18(31)6-16(15)29)2-4-34-20(21)19-1-3-26(32,33)11-42-19/h2,4-10,19H,1,3,11H2. The zero-order valence-electron chi connectivity index (χ0n) is 20.9. The number of hydrogen-bond donors (Lipinski definition) is 0. The number of rotatable bonds is 5. The smallest absolute Gasteiger partial charge is 0.271 e. The highest BCUT2D eigenvalue weighted by Crippen LogP contribution is 2.43. The number of aromatic nitrogens is 5. The van der Waals surface area contributed by atoms with Crippen LogP contribution in [0.3, 0.4) is 0 Å². The van der Waals surface area contributed by atoms with Gasteiger partial charge in [0.05, 0.1) is 22.5 Å². The molecular formula is C26H15Cl2F5N6O3. The maximum Gasteiger partial charge on any atom is 0.271 e. The Morgan fingerprint density at radius 1 is 0.833 bits per heavy atom. The fourth-order valence-corrected chi connectivity index (χ4v) is 4.42. The van der Waals surface area contributed by atoms with E-state index in [9.17, 15) is 27.2 Å². The van der Waals surface area contributed by atoms with Gasteiger partial charge in [-0.05, 0) is 41.8 Å². The Bertz CT molecular complexity index is 1610. The van der Waals surface area contributed by atoms with Crippen molar-refractivity contribution in [2.75, 3.05) is 11.5 Å². The Hall–Kier alpha value is -4.14. The zero-order chi connectivity index (χ0) is 30.2. The van der Waals surface area contributed by atoms with Gasteiger partial charge in [0.1, 0.15) is 18.5 Å². The van der Waals surface area contributed by atoms with Gasteiger partial charge in [-0.1, -0.05) is 0 Å². The summed E-state index contributed by atoms with van der Waals surface area (Å²) in [7, 11) is 0. The van der Waals surface area contributed by atoms with E-state index in [4.69, 9.17) is 27.9 Å². The predicted octanol–water partition coefficient (Wildman–Crippen LogP) is 6.03. The monoisotopic (exact) mass is 624 g/mol. The lowest BCUT2D eigenvalue weighted by Gasteiger charge is -2.32. The summed E-state index contributed by atoms with van der Waals surface area (Å²) in [6.45, 7) is -1.01. The Labute approximate surface area is 243 Å². The van der Waals surface area contributed by atoms with E-state index < -0.39 is 65.6 Å². The molecule has 0 bridgehead atoms. The highest BCUT2D eigenvalue weighted by molar-refractivity contribution is 6.29. The minimum Gasteiger partial charge on any atom is -0.366 e. The maximum atomic E-state index is 15.2. The molecule has 1 fully saturated rings. The molecule has 1 atom stereocenters. The van der Waals surface area contributed by atoms with Crippen molar-refractivity contribution >= 4 is 40.7 Å². The van der Waals surface area contributed by atoms with E-state index in [1.54, 1.807) is 0 Å². The molecule has 1 aromatic carbocycles. The summed E-state index contributed by atoms with van der Waals surface area (Å²) in [4.78, 5) is 47.6. The molecule has 2 amide bonds. The summed E-state index contributed by atoms with van der Waals surface area (Å²) in [5, 5.41) is -0.447. The molecule has 5 rings (SSSR count). The zero-order valence-corrected chi connectivity index (χ0v) is 22.4. The molecule has 9 nitrogen and oxygen atoms in total. The quantitative estimate of drug-likeness (QED) is 0.115. The topological polar surface area (TPSA) is 111 Å². The minimum atomic E-state index is -3.16. The number of anilines is 1. The third-order valence-electron chi connectivity index (χ3n) is 6.19. The predicted molar refractivity (Wildman–Crippen MR) is 138 cm³/mol.